The molecule has 7 nitrogen and oxygen atoms in total. The highest BCUT2D eigenvalue weighted by Gasteiger charge is 2.17. The van der Waals surface area contributed by atoms with E-state index in [4.69, 9.17) is 13.7 Å². The van der Waals surface area contributed by atoms with E-state index in [-0.39, 0.29) is 0 Å². The Morgan fingerprint density at radius 2 is 2.04 bits per heavy atom. The number of rotatable bonds is 6. The Morgan fingerprint density at radius 1 is 1.15 bits per heavy atom. The van der Waals surface area contributed by atoms with E-state index in [1.807, 2.05) is 24.3 Å². The number of methoxy groups -OCH3 is 1. The van der Waals surface area contributed by atoms with Gasteiger partial charge in [0.2, 0.25) is 11.8 Å². The Morgan fingerprint density at radius 3 is 2.89 bits per heavy atom. The molecule has 3 heterocycles. The second-order valence-corrected chi connectivity index (χ2v) is 6.90. The predicted molar refractivity (Wildman–Crippen MR) is 99.5 cm³/mol. The van der Waals surface area contributed by atoms with Gasteiger partial charge in [-0.2, -0.15) is 4.98 Å². The number of hydrogen-bond acceptors (Lipinski definition) is 7. The van der Waals surface area contributed by atoms with Crippen LogP contribution in [0.2, 0.25) is 0 Å². The van der Waals surface area contributed by atoms with E-state index in [0.29, 0.717) is 24.1 Å². The highest BCUT2D eigenvalue weighted by atomic mass is 16.5. The topological polar surface area (TPSA) is 86.2 Å². The van der Waals surface area contributed by atoms with Gasteiger partial charge in [-0.1, -0.05) is 5.16 Å². The lowest BCUT2D eigenvalue weighted by Crippen LogP contribution is -2.14. The SMILES string of the molecule is COc1ccc(-c2nc(Cc3noc(CC4CCCNCC4)n3)co2)cc1. The number of nitrogens with one attached hydrogen (secondary N) is 1. The van der Waals surface area contributed by atoms with Gasteiger partial charge in [-0.25, -0.2) is 4.98 Å². The van der Waals surface area contributed by atoms with Crippen molar-refractivity contribution in [2.75, 3.05) is 20.2 Å². The fourth-order valence-corrected chi connectivity index (χ4v) is 3.40. The van der Waals surface area contributed by atoms with Crippen molar-refractivity contribution in [3.8, 4) is 17.2 Å². The molecule has 0 amide bonds. The monoisotopic (exact) mass is 368 g/mol. The van der Waals surface area contributed by atoms with Crippen molar-refractivity contribution < 1.29 is 13.7 Å². The van der Waals surface area contributed by atoms with Crippen LogP contribution in [0.1, 0.15) is 36.7 Å². The number of ether oxygens (including phenoxy) is 1. The van der Waals surface area contributed by atoms with Crippen molar-refractivity contribution in [1.29, 1.82) is 0 Å². The largest absolute Gasteiger partial charge is 0.497 e. The van der Waals surface area contributed by atoms with E-state index in [1.54, 1.807) is 13.4 Å². The fraction of sp³-hybridized carbons (Fsp3) is 0.450. The summed E-state index contributed by atoms with van der Waals surface area (Å²) in [7, 11) is 1.64. The number of nitrogens with zero attached hydrogens (tertiary/aromatic N) is 3. The summed E-state index contributed by atoms with van der Waals surface area (Å²) in [6.45, 7) is 2.17. The molecular formula is C20H24N4O3. The van der Waals surface area contributed by atoms with E-state index in [1.165, 1.54) is 12.8 Å². The van der Waals surface area contributed by atoms with Gasteiger partial charge < -0.3 is 19.0 Å². The van der Waals surface area contributed by atoms with Gasteiger partial charge in [-0.05, 0) is 62.5 Å². The first-order valence-electron chi connectivity index (χ1n) is 9.41. The zero-order chi connectivity index (χ0) is 18.5. The maximum Gasteiger partial charge on any atom is 0.226 e. The van der Waals surface area contributed by atoms with E-state index in [0.717, 1.165) is 48.8 Å². The lowest BCUT2D eigenvalue weighted by atomic mass is 9.97. The average Bonchev–Trinajstić information content (AvgIpc) is 3.26. The molecule has 7 heteroatoms. The molecule has 0 bridgehead atoms. The second kappa shape index (κ2) is 8.35. The quantitative estimate of drug-likeness (QED) is 0.714. The van der Waals surface area contributed by atoms with E-state index in [2.05, 4.69) is 20.4 Å². The van der Waals surface area contributed by atoms with Crippen LogP contribution in [0.4, 0.5) is 0 Å². The fourth-order valence-electron chi connectivity index (χ4n) is 3.40. The lowest BCUT2D eigenvalue weighted by Gasteiger charge is -2.09. The number of hydrogen-bond donors (Lipinski definition) is 1. The third kappa shape index (κ3) is 4.54. The first kappa shape index (κ1) is 17.7. The van der Waals surface area contributed by atoms with Gasteiger partial charge in [0, 0.05) is 12.0 Å². The van der Waals surface area contributed by atoms with Crippen LogP contribution in [-0.4, -0.2) is 35.3 Å². The summed E-state index contributed by atoms with van der Waals surface area (Å²) >= 11 is 0. The first-order chi connectivity index (χ1) is 13.3. The summed E-state index contributed by atoms with van der Waals surface area (Å²) in [6.07, 6.45) is 6.57. The first-order valence-corrected chi connectivity index (χ1v) is 9.41. The van der Waals surface area contributed by atoms with Crippen LogP contribution in [0.5, 0.6) is 5.75 Å². The molecule has 1 aliphatic heterocycles. The van der Waals surface area contributed by atoms with E-state index >= 15 is 0 Å². The van der Waals surface area contributed by atoms with Crippen LogP contribution in [0.15, 0.2) is 39.5 Å². The third-order valence-electron chi connectivity index (χ3n) is 4.90. The zero-order valence-corrected chi connectivity index (χ0v) is 15.5. The summed E-state index contributed by atoms with van der Waals surface area (Å²) < 4.78 is 16.2. The van der Waals surface area contributed by atoms with Gasteiger partial charge in [0.05, 0.1) is 19.2 Å². The summed E-state index contributed by atoms with van der Waals surface area (Å²) in [5, 5.41) is 7.54. The molecule has 27 heavy (non-hydrogen) atoms. The van der Waals surface area contributed by atoms with Crippen LogP contribution in [0, 0.1) is 5.92 Å². The smallest absolute Gasteiger partial charge is 0.226 e. The standard InChI is InChI=1S/C20H24N4O3/c1-25-17-6-4-15(5-7-17)20-22-16(13-26-20)12-18-23-19(27-24-18)11-14-3-2-9-21-10-8-14/h4-7,13-14,21H,2-3,8-12H2,1H3. The van der Waals surface area contributed by atoms with Crippen LogP contribution in [-0.2, 0) is 12.8 Å². The summed E-state index contributed by atoms with van der Waals surface area (Å²) in [5.41, 5.74) is 1.68. The Balaban J connectivity index is 1.38. The molecule has 4 rings (SSSR count). The molecule has 1 aromatic carbocycles. The van der Waals surface area contributed by atoms with Gasteiger partial charge in [0.1, 0.15) is 12.0 Å². The minimum atomic E-state index is 0.495. The molecule has 1 atom stereocenters. The molecule has 1 unspecified atom stereocenters. The molecule has 0 spiro atoms. The minimum Gasteiger partial charge on any atom is -0.497 e. The maximum absolute atomic E-state index is 5.59. The molecule has 1 fully saturated rings. The molecule has 0 saturated carbocycles. The summed E-state index contributed by atoms with van der Waals surface area (Å²) in [5.74, 6) is 3.35. The highest BCUT2D eigenvalue weighted by Crippen LogP contribution is 2.23. The van der Waals surface area contributed by atoms with Crippen LogP contribution in [0.3, 0.4) is 0 Å². The molecule has 142 valence electrons. The molecule has 0 radical (unpaired) electrons. The van der Waals surface area contributed by atoms with E-state index < -0.39 is 0 Å². The zero-order valence-electron chi connectivity index (χ0n) is 15.5. The number of benzene rings is 1. The van der Waals surface area contributed by atoms with Crippen molar-refractivity contribution in [3.63, 3.8) is 0 Å². The third-order valence-corrected chi connectivity index (χ3v) is 4.90. The molecule has 1 aliphatic rings. The Kier molecular flexibility index (Phi) is 5.48. The normalized spacial score (nSPS) is 17.6. The second-order valence-electron chi connectivity index (χ2n) is 6.90. The maximum atomic E-state index is 5.59. The van der Waals surface area contributed by atoms with Gasteiger partial charge in [0.25, 0.3) is 0 Å². The van der Waals surface area contributed by atoms with Crippen molar-refractivity contribution in [2.24, 2.45) is 5.92 Å². The van der Waals surface area contributed by atoms with Crippen molar-refractivity contribution in [2.45, 2.75) is 32.1 Å². The predicted octanol–water partition coefficient (Wildman–Crippen LogP) is 3.26. The Hall–Kier alpha value is -2.67. The Bertz CT molecular complexity index is 848. The number of aromatic nitrogens is 3. The van der Waals surface area contributed by atoms with Crippen LogP contribution in [0.25, 0.3) is 11.5 Å². The van der Waals surface area contributed by atoms with Crippen molar-refractivity contribution in [1.82, 2.24) is 20.4 Å². The van der Waals surface area contributed by atoms with Gasteiger partial charge in [-0.3, -0.25) is 0 Å². The van der Waals surface area contributed by atoms with Crippen LogP contribution < -0.4 is 10.1 Å². The van der Waals surface area contributed by atoms with Crippen molar-refractivity contribution >= 4 is 0 Å². The molecule has 2 aromatic heterocycles. The number of oxazole rings is 1. The molecule has 1 N–H and O–H groups in total. The average molecular weight is 368 g/mol. The van der Waals surface area contributed by atoms with Gasteiger partial charge in [0.15, 0.2) is 5.82 Å². The van der Waals surface area contributed by atoms with E-state index in [9.17, 15) is 0 Å². The van der Waals surface area contributed by atoms with Gasteiger partial charge >= 0.3 is 0 Å². The minimum absolute atomic E-state index is 0.495. The molecule has 3 aromatic rings. The summed E-state index contributed by atoms with van der Waals surface area (Å²) in [6, 6.07) is 7.60. The highest BCUT2D eigenvalue weighted by molar-refractivity contribution is 5.54. The Labute approximate surface area is 158 Å². The lowest BCUT2D eigenvalue weighted by molar-refractivity contribution is 0.339. The molecular weight excluding hydrogens is 344 g/mol. The molecule has 0 aliphatic carbocycles. The van der Waals surface area contributed by atoms with Crippen molar-refractivity contribution in [3.05, 3.63) is 47.9 Å². The van der Waals surface area contributed by atoms with Crippen LogP contribution >= 0.6 is 0 Å². The van der Waals surface area contributed by atoms with Gasteiger partial charge in [-0.15, -0.1) is 0 Å². The molecule has 1 saturated heterocycles. The summed E-state index contributed by atoms with van der Waals surface area (Å²) in [4.78, 5) is 9.07.